The largest absolute Gasteiger partial charge is 0.437 e. The van der Waals surface area contributed by atoms with Crippen LogP contribution in [0.5, 0.6) is 11.6 Å². The number of nitrogens with zero attached hydrogens (tertiary/aromatic N) is 2. The first-order valence-corrected chi connectivity index (χ1v) is 9.13. The maximum Gasteiger partial charge on any atom is 0.418 e. The van der Waals surface area contributed by atoms with Gasteiger partial charge in [-0.2, -0.15) is 13.2 Å². The average Bonchev–Trinajstić information content (AvgIpc) is 3.35. The Morgan fingerprint density at radius 3 is 2.81 bits per heavy atom. The third-order valence-electron chi connectivity index (χ3n) is 4.44. The maximum absolute atomic E-state index is 12.9. The van der Waals surface area contributed by atoms with Crippen molar-refractivity contribution in [1.29, 1.82) is 0 Å². The van der Waals surface area contributed by atoms with Crippen molar-refractivity contribution < 1.29 is 23.0 Å². The van der Waals surface area contributed by atoms with Crippen molar-refractivity contribution in [2.45, 2.75) is 25.1 Å². The van der Waals surface area contributed by atoms with E-state index in [9.17, 15) is 18.3 Å². The smallest absolute Gasteiger partial charge is 0.418 e. The van der Waals surface area contributed by atoms with Crippen LogP contribution >= 0.6 is 15.9 Å². The van der Waals surface area contributed by atoms with Gasteiger partial charge in [-0.15, -0.1) is 5.53 Å². The minimum absolute atomic E-state index is 0.283. The highest BCUT2D eigenvalue weighted by Crippen LogP contribution is 2.45. The number of aliphatic hydroxyl groups excluding tert-OH is 1. The van der Waals surface area contributed by atoms with Gasteiger partial charge in [0.1, 0.15) is 5.75 Å². The summed E-state index contributed by atoms with van der Waals surface area (Å²) in [6, 6.07) is 5.92. The molecule has 0 radical (unpaired) electrons. The average molecular weight is 445 g/mol. The van der Waals surface area contributed by atoms with Crippen molar-refractivity contribution >= 4 is 27.3 Å². The Bertz CT molecular complexity index is 861. The van der Waals surface area contributed by atoms with E-state index in [-0.39, 0.29) is 11.6 Å². The first-order chi connectivity index (χ1) is 12.8. The fraction of sp³-hybridized carbons (Fsp3) is 0.353. The normalized spacial score (nSPS) is 17.4. The van der Waals surface area contributed by atoms with E-state index in [4.69, 9.17) is 4.74 Å². The number of hydrogen-bond acceptors (Lipinski definition) is 6. The summed E-state index contributed by atoms with van der Waals surface area (Å²) >= 11 is 3.43. The minimum atomic E-state index is -4.81. The van der Waals surface area contributed by atoms with Gasteiger partial charge in [0.15, 0.2) is 6.10 Å². The van der Waals surface area contributed by atoms with Gasteiger partial charge in [0, 0.05) is 12.7 Å². The van der Waals surface area contributed by atoms with Crippen LogP contribution in [0.3, 0.4) is 0 Å². The monoisotopic (exact) mass is 444 g/mol. The van der Waals surface area contributed by atoms with Crippen LogP contribution in [0.1, 0.15) is 24.5 Å². The highest BCUT2D eigenvalue weighted by atomic mass is 79.9. The number of hydrogen-bond donors (Lipinski definition) is 3. The van der Waals surface area contributed by atoms with E-state index >= 15 is 0 Å². The Balaban J connectivity index is 1.61. The number of pyridine rings is 1. The topological polar surface area (TPSA) is 69.7 Å². The van der Waals surface area contributed by atoms with Gasteiger partial charge >= 0.3 is 6.18 Å². The highest BCUT2D eigenvalue weighted by Gasteiger charge is 2.41. The Morgan fingerprint density at radius 2 is 2.11 bits per heavy atom. The summed E-state index contributed by atoms with van der Waals surface area (Å²) in [5.41, 5.74) is 7.30. The highest BCUT2D eigenvalue weighted by molar-refractivity contribution is 9.10. The van der Waals surface area contributed by atoms with Gasteiger partial charge in [-0.05, 0) is 59.0 Å². The molecule has 1 aliphatic heterocycles. The van der Waals surface area contributed by atoms with E-state index in [2.05, 4.69) is 31.9 Å². The molecule has 27 heavy (non-hydrogen) atoms. The summed E-state index contributed by atoms with van der Waals surface area (Å²) in [4.78, 5) is 3.86. The molecule has 144 valence electrons. The number of ether oxygens (including phenoxy) is 1. The molecule has 0 spiro atoms. The van der Waals surface area contributed by atoms with E-state index in [1.807, 2.05) is 11.1 Å². The lowest BCUT2D eigenvalue weighted by Gasteiger charge is -2.19. The van der Waals surface area contributed by atoms with Gasteiger partial charge in [0.05, 0.1) is 21.4 Å². The number of benzene rings is 1. The maximum atomic E-state index is 12.9. The van der Waals surface area contributed by atoms with Gasteiger partial charge in [-0.1, -0.05) is 0 Å². The van der Waals surface area contributed by atoms with E-state index < -0.39 is 17.8 Å². The summed E-state index contributed by atoms with van der Waals surface area (Å²) in [7, 11) is 0. The minimum Gasteiger partial charge on any atom is -0.437 e. The van der Waals surface area contributed by atoms with Crippen molar-refractivity contribution in [2.24, 2.45) is 5.92 Å². The molecule has 1 fully saturated rings. The molecular weight excluding hydrogens is 429 g/mol. The third kappa shape index (κ3) is 3.69. The zero-order valence-electron chi connectivity index (χ0n) is 13.9. The van der Waals surface area contributed by atoms with Gasteiger partial charge in [-0.25, -0.2) is 4.98 Å². The van der Waals surface area contributed by atoms with Crippen molar-refractivity contribution in [3.8, 4) is 11.6 Å². The predicted octanol–water partition coefficient (Wildman–Crippen LogP) is 4.29. The summed E-state index contributed by atoms with van der Waals surface area (Å²) in [6.45, 7) is 0.870. The fourth-order valence-corrected chi connectivity index (χ4v) is 3.35. The lowest BCUT2D eigenvalue weighted by Crippen LogP contribution is -2.37. The van der Waals surface area contributed by atoms with E-state index in [1.54, 1.807) is 6.07 Å². The van der Waals surface area contributed by atoms with E-state index in [0.717, 1.165) is 24.0 Å². The lowest BCUT2D eigenvalue weighted by molar-refractivity contribution is -0.207. The second kappa shape index (κ2) is 6.84. The number of aliphatic hydroxyl groups is 1. The molecule has 1 atom stereocenters. The lowest BCUT2D eigenvalue weighted by atomic mass is 10.1. The molecule has 6 nitrogen and oxygen atoms in total. The molecule has 10 heteroatoms. The van der Waals surface area contributed by atoms with Gasteiger partial charge in [0.2, 0.25) is 5.88 Å². The molecule has 1 aromatic heterocycles. The Morgan fingerprint density at radius 1 is 1.33 bits per heavy atom. The molecule has 0 amide bonds. The Hall–Kier alpha value is -2.04. The number of anilines is 2. The summed E-state index contributed by atoms with van der Waals surface area (Å²) in [5.74, 6) is 0.647. The van der Waals surface area contributed by atoms with Crippen LogP contribution in [0.2, 0.25) is 0 Å². The standard InChI is InChI=1S/C17H16BrF3N4O2/c18-13-12(6-5-11-14(13)23-24-25(11)8-9-3-4-9)27-16-10(2-1-7-22-16)15(26)17(19,20)21/h1-2,5-7,9,15,23-24,26H,3-4,8H2. The fourth-order valence-electron chi connectivity index (χ4n) is 2.83. The van der Waals surface area contributed by atoms with Gasteiger partial charge < -0.3 is 15.3 Å². The van der Waals surface area contributed by atoms with Crippen LogP contribution in [0.15, 0.2) is 34.9 Å². The summed E-state index contributed by atoms with van der Waals surface area (Å²) in [6.07, 6.45) is -3.77. The van der Waals surface area contributed by atoms with Crippen LogP contribution in [0, 0.1) is 5.92 Å². The Kier molecular flexibility index (Phi) is 4.65. The number of nitrogens with one attached hydrogen (secondary N) is 2. The molecule has 0 saturated heterocycles. The molecule has 1 aliphatic carbocycles. The first kappa shape index (κ1) is 18.3. The molecule has 0 bridgehead atoms. The molecule has 2 aliphatic rings. The molecule has 3 N–H and O–H groups in total. The van der Waals surface area contributed by atoms with Crippen molar-refractivity contribution in [1.82, 2.24) is 10.5 Å². The predicted molar refractivity (Wildman–Crippen MR) is 96.3 cm³/mol. The molecule has 2 aromatic rings. The number of aromatic nitrogens is 1. The van der Waals surface area contributed by atoms with Crippen molar-refractivity contribution in [2.75, 3.05) is 17.0 Å². The van der Waals surface area contributed by atoms with Crippen LogP contribution in [0.4, 0.5) is 24.5 Å². The van der Waals surface area contributed by atoms with Gasteiger partial charge in [0.25, 0.3) is 0 Å². The number of fused-ring (bicyclic) bond motifs is 1. The molecule has 1 saturated carbocycles. The molecule has 4 rings (SSSR count). The molecule has 1 unspecified atom stereocenters. The third-order valence-corrected chi connectivity index (χ3v) is 5.23. The zero-order valence-corrected chi connectivity index (χ0v) is 15.5. The van der Waals surface area contributed by atoms with E-state index in [0.29, 0.717) is 10.4 Å². The quantitative estimate of drug-likeness (QED) is 0.638. The molecular formula is C17H16BrF3N4O2. The molecule has 1 aromatic carbocycles. The van der Waals surface area contributed by atoms with Crippen LogP contribution < -0.4 is 20.7 Å². The number of alkyl halides is 3. The number of rotatable bonds is 5. The summed E-state index contributed by atoms with van der Waals surface area (Å²) < 4.78 is 44.8. The zero-order chi connectivity index (χ0) is 19.2. The number of halogens is 4. The van der Waals surface area contributed by atoms with Gasteiger partial charge in [-0.3, -0.25) is 5.01 Å². The van der Waals surface area contributed by atoms with E-state index in [1.165, 1.54) is 25.1 Å². The number of hydrazine groups is 2. The second-order valence-electron chi connectivity index (χ2n) is 6.51. The Labute approximate surface area is 161 Å². The molecule has 2 heterocycles. The first-order valence-electron chi connectivity index (χ1n) is 8.34. The van der Waals surface area contributed by atoms with Crippen LogP contribution in [-0.2, 0) is 0 Å². The van der Waals surface area contributed by atoms with Crippen LogP contribution in [-0.4, -0.2) is 22.8 Å². The van der Waals surface area contributed by atoms with Crippen molar-refractivity contribution in [3.63, 3.8) is 0 Å². The summed E-state index contributed by atoms with van der Waals surface area (Å²) in [5, 5.41) is 11.6. The van der Waals surface area contributed by atoms with Crippen LogP contribution in [0.25, 0.3) is 0 Å². The second-order valence-corrected chi connectivity index (χ2v) is 7.30. The SMILES string of the molecule is OC(c1cccnc1Oc1ccc2c(c1Br)NNN2CC1CC1)C(F)(F)F. The van der Waals surface area contributed by atoms with Crippen molar-refractivity contribution in [3.05, 3.63) is 40.5 Å².